The molecule has 0 saturated carbocycles. The topological polar surface area (TPSA) is 38.5 Å². The van der Waals surface area contributed by atoms with Gasteiger partial charge in [0.2, 0.25) is 0 Å². The summed E-state index contributed by atoms with van der Waals surface area (Å²) in [6, 6.07) is 10.8. The second-order valence-electron chi connectivity index (χ2n) is 5.55. The van der Waals surface area contributed by atoms with Crippen LogP contribution in [0.2, 0.25) is 0 Å². The lowest BCUT2D eigenvalue weighted by Gasteiger charge is -2.34. The molecule has 122 valence electrons. The van der Waals surface area contributed by atoms with Gasteiger partial charge in [-0.05, 0) is 17.7 Å². The minimum Gasteiger partial charge on any atom is -0.484 e. The molecular weight excluding hydrogens is 305 g/mol. The number of hydrogen-bond donors (Lipinski definition) is 1. The zero-order chi connectivity index (χ0) is 16.6. The lowest BCUT2D eigenvalue weighted by Crippen LogP contribution is -2.42. The molecule has 2 N–H and O–H groups in total. The van der Waals surface area contributed by atoms with E-state index in [0.717, 1.165) is 11.8 Å². The Morgan fingerprint density at radius 1 is 1.13 bits per heavy atom. The van der Waals surface area contributed by atoms with E-state index in [2.05, 4.69) is 0 Å². The highest BCUT2D eigenvalue weighted by Crippen LogP contribution is 2.45. The fourth-order valence-corrected chi connectivity index (χ4v) is 2.86. The summed E-state index contributed by atoms with van der Waals surface area (Å²) in [7, 11) is 1.88. The first-order valence-electron chi connectivity index (χ1n) is 7.29. The van der Waals surface area contributed by atoms with Gasteiger partial charge in [0.25, 0.3) is 0 Å². The number of para-hydroxylation sites is 1. The number of likely N-dealkylation sites (N-methyl/N-ethyl adjacent to an activating group) is 1. The quantitative estimate of drug-likeness (QED) is 0.919. The Labute approximate surface area is 132 Å². The number of benzene rings is 2. The molecule has 0 aromatic heterocycles. The normalized spacial score (nSPS) is 17.6. The molecule has 0 bridgehead atoms. The molecule has 0 radical (unpaired) electrons. The summed E-state index contributed by atoms with van der Waals surface area (Å²) in [5.74, 6) is 0.452. The van der Waals surface area contributed by atoms with Crippen molar-refractivity contribution in [2.24, 2.45) is 5.73 Å². The Bertz CT molecular complexity index is 715. The maximum absolute atomic E-state index is 13.3. The van der Waals surface area contributed by atoms with E-state index >= 15 is 0 Å². The average Bonchev–Trinajstić information content (AvgIpc) is 2.53. The van der Waals surface area contributed by atoms with Gasteiger partial charge in [-0.25, -0.2) is 0 Å². The molecule has 0 aliphatic carbocycles. The Balaban J connectivity index is 2.18. The first kappa shape index (κ1) is 15.7. The van der Waals surface area contributed by atoms with Crippen molar-refractivity contribution < 1.29 is 17.9 Å². The molecule has 1 aliphatic heterocycles. The van der Waals surface area contributed by atoms with Gasteiger partial charge < -0.3 is 15.4 Å². The van der Waals surface area contributed by atoms with Crippen molar-refractivity contribution in [3.8, 4) is 16.9 Å². The maximum Gasteiger partial charge on any atom is 0.417 e. The predicted octanol–water partition coefficient (Wildman–Crippen LogP) is 3.53. The molecule has 2 aromatic rings. The SMILES string of the molecule is CN1C[C@H](CN)Oc2c(-c3ccccc3C(F)(F)F)cccc21. The fraction of sp³-hybridized carbons (Fsp3) is 0.294. The molecule has 1 atom stereocenters. The molecule has 1 heterocycles. The van der Waals surface area contributed by atoms with E-state index in [1.807, 2.05) is 18.0 Å². The molecule has 3 rings (SSSR count). The number of rotatable bonds is 2. The summed E-state index contributed by atoms with van der Waals surface area (Å²) in [6.45, 7) is 0.910. The third kappa shape index (κ3) is 2.86. The van der Waals surface area contributed by atoms with Crippen LogP contribution in [0.15, 0.2) is 42.5 Å². The third-order valence-electron chi connectivity index (χ3n) is 3.95. The predicted molar refractivity (Wildman–Crippen MR) is 83.6 cm³/mol. The molecular formula is C17H17F3N2O. The number of halogens is 3. The highest BCUT2D eigenvalue weighted by molar-refractivity contribution is 5.81. The molecule has 1 aliphatic rings. The minimum atomic E-state index is -4.42. The number of nitrogens with zero attached hydrogens (tertiary/aromatic N) is 1. The summed E-state index contributed by atoms with van der Waals surface area (Å²) < 4.78 is 45.8. The maximum atomic E-state index is 13.3. The Kier molecular flexibility index (Phi) is 3.93. The van der Waals surface area contributed by atoms with Crippen LogP contribution in [-0.2, 0) is 6.18 Å². The van der Waals surface area contributed by atoms with Gasteiger partial charge in [0.15, 0.2) is 5.75 Å². The van der Waals surface area contributed by atoms with E-state index in [1.165, 1.54) is 12.1 Å². The van der Waals surface area contributed by atoms with Crippen molar-refractivity contribution in [2.75, 3.05) is 25.0 Å². The van der Waals surface area contributed by atoms with Crippen LogP contribution in [0, 0.1) is 0 Å². The van der Waals surface area contributed by atoms with Crippen LogP contribution in [-0.4, -0.2) is 26.2 Å². The van der Waals surface area contributed by atoms with E-state index < -0.39 is 11.7 Å². The van der Waals surface area contributed by atoms with Crippen LogP contribution in [0.3, 0.4) is 0 Å². The zero-order valence-electron chi connectivity index (χ0n) is 12.6. The minimum absolute atomic E-state index is 0.114. The number of fused-ring (bicyclic) bond motifs is 1. The molecule has 3 nitrogen and oxygen atoms in total. The fourth-order valence-electron chi connectivity index (χ4n) is 2.86. The van der Waals surface area contributed by atoms with Crippen molar-refractivity contribution in [1.82, 2.24) is 0 Å². The largest absolute Gasteiger partial charge is 0.484 e. The summed E-state index contributed by atoms with van der Waals surface area (Å²) >= 11 is 0. The number of anilines is 1. The van der Waals surface area contributed by atoms with Crippen molar-refractivity contribution in [2.45, 2.75) is 12.3 Å². The van der Waals surface area contributed by atoms with Gasteiger partial charge in [0, 0.05) is 19.2 Å². The van der Waals surface area contributed by atoms with Crippen molar-refractivity contribution in [3.05, 3.63) is 48.0 Å². The zero-order valence-corrected chi connectivity index (χ0v) is 12.6. The lowest BCUT2D eigenvalue weighted by molar-refractivity contribution is -0.137. The number of ether oxygens (including phenoxy) is 1. The first-order valence-corrected chi connectivity index (χ1v) is 7.29. The van der Waals surface area contributed by atoms with E-state index in [0.29, 0.717) is 24.4 Å². The van der Waals surface area contributed by atoms with Crippen LogP contribution in [0.4, 0.5) is 18.9 Å². The highest BCUT2D eigenvalue weighted by atomic mass is 19.4. The van der Waals surface area contributed by atoms with Crippen molar-refractivity contribution in [1.29, 1.82) is 0 Å². The van der Waals surface area contributed by atoms with Gasteiger partial charge in [-0.3, -0.25) is 0 Å². The van der Waals surface area contributed by atoms with Crippen molar-refractivity contribution in [3.63, 3.8) is 0 Å². The molecule has 6 heteroatoms. The van der Waals surface area contributed by atoms with Gasteiger partial charge in [0.05, 0.1) is 17.8 Å². The lowest BCUT2D eigenvalue weighted by atomic mass is 9.97. The van der Waals surface area contributed by atoms with Crippen LogP contribution in [0.25, 0.3) is 11.1 Å². The second-order valence-corrected chi connectivity index (χ2v) is 5.55. The number of nitrogens with two attached hydrogens (primary N) is 1. The summed E-state index contributed by atoms with van der Waals surface area (Å²) in [5, 5.41) is 0. The summed E-state index contributed by atoms with van der Waals surface area (Å²) in [5.41, 5.74) is 6.32. The van der Waals surface area contributed by atoms with E-state index in [4.69, 9.17) is 10.5 Å². The summed E-state index contributed by atoms with van der Waals surface area (Å²) in [6.07, 6.45) is -4.67. The molecule has 0 amide bonds. The van der Waals surface area contributed by atoms with E-state index in [-0.39, 0.29) is 11.7 Å². The van der Waals surface area contributed by atoms with Crippen LogP contribution in [0.1, 0.15) is 5.56 Å². The first-order chi connectivity index (χ1) is 10.9. The highest BCUT2D eigenvalue weighted by Gasteiger charge is 2.35. The van der Waals surface area contributed by atoms with Gasteiger partial charge >= 0.3 is 6.18 Å². The number of hydrogen-bond acceptors (Lipinski definition) is 3. The van der Waals surface area contributed by atoms with Crippen LogP contribution < -0.4 is 15.4 Å². The smallest absolute Gasteiger partial charge is 0.417 e. The molecule has 0 fully saturated rings. The standard InChI is InChI=1S/C17H17F3N2O/c1-22-10-11(9-21)23-16-13(6-4-8-15(16)22)12-5-2-3-7-14(12)17(18,19)20/h2-8,11H,9-10,21H2,1H3/t11-/m0/s1. The molecule has 0 saturated heterocycles. The monoisotopic (exact) mass is 322 g/mol. The van der Waals surface area contributed by atoms with Crippen LogP contribution in [0.5, 0.6) is 5.75 Å². The van der Waals surface area contributed by atoms with E-state index in [1.54, 1.807) is 18.2 Å². The van der Waals surface area contributed by atoms with Crippen molar-refractivity contribution >= 4 is 5.69 Å². The summed E-state index contributed by atoms with van der Waals surface area (Å²) in [4.78, 5) is 1.95. The van der Waals surface area contributed by atoms with Gasteiger partial charge in [-0.15, -0.1) is 0 Å². The van der Waals surface area contributed by atoms with Gasteiger partial charge in [-0.2, -0.15) is 13.2 Å². The third-order valence-corrected chi connectivity index (χ3v) is 3.95. The Morgan fingerprint density at radius 2 is 1.83 bits per heavy atom. The molecule has 0 unspecified atom stereocenters. The van der Waals surface area contributed by atoms with Gasteiger partial charge in [0.1, 0.15) is 6.10 Å². The number of alkyl halides is 3. The Morgan fingerprint density at radius 3 is 2.52 bits per heavy atom. The molecule has 2 aromatic carbocycles. The molecule has 0 spiro atoms. The van der Waals surface area contributed by atoms with Crippen LogP contribution >= 0.6 is 0 Å². The van der Waals surface area contributed by atoms with E-state index in [9.17, 15) is 13.2 Å². The Hall–Kier alpha value is -2.21. The molecule has 23 heavy (non-hydrogen) atoms. The average molecular weight is 322 g/mol. The second kappa shape index (κ2) is 5.77. The van der Waals surface area contributed by atoms with Gasteiger partial charge in [-0.1, -0.05) is 30.3 Å².